The number of hydrogen-bond acceptors (Lipinski definition) is 6. The van der Waals surface area contributed by atoms with Gasteiger partial charge in [-0.2, -0.15) is 0 Å². The summed E-state index contributed by atoms with van der Waals surface area (Å²) in [5, 5.41) is 11.1. The smallest absolute Gasteiger partial charge is 0.316 e. The number of esters is 2. The van der Waals surface area contributed by atoms with E-state index in [1.165, 1.54) is 21.1 Å². The van der Waals surface area contributed by atoms with Gasteiger partial charge in [-0.25, -0.2) is 0 Å². The molecule has 1 fully saturated rings. The molecule has 7 heteroatoms. The van der Waals surface area contributed by atoms with Crippen molar-refractivity contribution < 1.29 is 29.0 Å². The normalized spacial score (nSPS) is 29.9. The summed E-state index contributed by atoms with van der Waals surface area (Å²) in [5.41, 5.74) is -1.16. The van der Waals surface area contributed by atoms with Gasteiger partial charge >= 0.3 is 11.9 Å². The van der Waals surface area contributed by atoms with Crippen molar-refractivity contribution in [2.45, 2.75) is 24.9 Å². The van der Waals surface area contributed by atoms with Crippen molar-refractivity contribution in [1.29, 1.82) is 0 Å². The number of Topliss-reactive ketones (excluding diaryl/α,β-unsaturated/α-hetero) is 1. The zero-order valence-corrected chi connectivity index (χ0v) is 14.4. The van der Waals surface area contributed by atoms with Crippen molar-refractivity contribution in [1.82, 2.24) is 0 Å². The second-order valence-corrected chi connectivity index (χ2v) is 6.52. The lowest BCUT2D eigenvalue weighted by atomic mass is 9.62. The quantitative estimate of drug-likeness (QED) is 0.656. The highest BCUT2D eigenvalue weighted by atomic mass is 35.5. The maximum Gasteiger partial charge on any atom is 0.316 e. The first kappa shape index (κ1) is 18.4. The molecule has 4 unspecified atom stereocenters. The van der Waals surface area contributed by atoms with E-state index < -0.39 is 41.1 Å². The lowest BCUT2D eigenvalue weighted by Gasteiger charge is -2.43. The van der Waals surface area contributed by atoms with Crippen LogP contribution in [0, 0.1) is 11.8 Å². The van der Waals surface area contributed by atoms with E-state index in [0.29, 0.717) is 10.6 Å². The molecule has 0 aliphatic heterocycles. The van der Waals surface area contributed by atoms with E-state index in [9.17, 15) is 19.5 Å². The van der Waals surface area contributed by atoms with Crippen LogP contribution in [-0.2, 0) is 23.9 Å². The van der Waals surface area contributed by atoms with Crippen LogP contribution in [0.15, 0.2) is 24.3 Å². The van der Waals surface area contributed by atoms with E-state index in [1.807, 2.05) is 0 Å². The van der Waals surface area contributed by atoms with Crippen molar-refractivity contribution >= 4 is 29.3 Å². The summed E-state index contributed by atoms with van der Waals surface area (Å²) in [4.78, 5) is 37.0. The molecule has 130 valence electrons. The maximum atomic E-state index is 12.5. The number of methoxy groups -OCH3 is 2. The number of rotatable bonds is 3. The summed E-state index contributed by atoms with van der Waals surface area (Å²) in [5.74, 6) is -5.20. The Kier molecular flexibility index (Phi) is 5.30. The van der Waals surface area contributed by atoms with Crippen LogP contribution in [0.3, 0.4) is 0 Å². The van der Waals surface area contributed by atoms with Crippen LogP contribution in [0.5, 0.6) is 0 Å². The van der Waals surface area contributed by atoms with Crippen LogP contribution in [0.2, 0.25) is 5.02 Å². The van der Waals surface area contributed by atoms with E-state index >= 15 is 0 Å². The first-order chi connectivity index (χ1) is 11.2. The molecule has 1 saturated carbocycles. The molecular formula is C17H19ClO6. The third-order valence-electron chi connectivity index (χ3n) is 4.41. The minimum absolute atomic E-state index is 0.344. The lowest BCUT2D eigenvalue weighted by Crippen LogP contribution is -2.55. The van der Waals surface area contributed by atoms with Gasteiger partial charge < -0.3 is 14.6 Å². The van der Waals surface area contributed by atoms with Crippen molar-refractivity contribution in [3.63, 3.8) is 0 Å². The molecule has 24 heavy (non-hydrogen) atoms. The Hall–Kier alpha value is -1.92. The predicted octanol–water partition coefficient (Wildman–Crippen LogP) is 1.73. The van der Waals surface area contributed by atoms with Crippen molar-refractivity contribution in [3.05, 3.63) is 34.9 Å². The number of carbonyl (C=O) groups is 3. The second-order valence-electron chi connectivity index (χ2n) is 6.08. The third-order valence-corrected chi connectivity index (χ3v) is 4.65. The highest BCUT2D eigenvalue weighted by molar-refractivity contribution is 6.30. The fraction of sp³-hybridized carbons (Fsp3) is 0.471. The van der Waals surface area contributed by atoms with Gasteiger partial charge in [0.25, 0.3) is 0 Å². The Morgan fingerprint density at radius 3 is 2.42 bits per heavy atom. The number of benzene rings is 1. The standard InChI is InChI=1S/C17H19ClO6/c1-17(22)8-11(19)13(15(20)23-2)12(14(17)16(21)24-3)9-5-4-6-10(18)7-9/h4-7,12-14,22H,8H2,1-3H3. The summed E-state index contributed by atoms with van der Waals surface area (Å²) in [6, 6.07) is 6.49. The number of hydrogen-bond donors (Lipinski definition) is 1. The van der Waals surface area contributed by atoms with Gasteiger partial charge in [0.2, 0.25) is 0 Å². The Morgan fingerprint density at radius 1 is 1.25 bits per heavy atom. The van der Waals surface area contributed by atoms with Crippen LogP contribution < -0.4 is 0 Å². The fourth-order valence-corrected chi connectivity index (χ4v) is 3.58. The molecule has 1 aromatic rings. The number of halogens is 1. The average molecular weight is 355 g/mol. The maximum absolute atomic E-state index is 12.5. The minimum Gasteiger partial charge on any atom is -0.469 e. The topological polar surface area (TPSA) is 89.9 Å². The largest absolute Gasteiger partial charge is 0.469 e. The highest BCUT2D eigenvalue weighted by Gasteiger charge is 2.56. The van der Waals surface area contributed by atoms with Gasteiger partial charge in [-0.1, -0.05) is 23.7 Å². The summed E-state index contributed by atoms with van der Waals surface area (Å²) in [6.45, 7) is 1.39. The van der Waals surface area contributed by atoms with E-state index in [0.717, 1.165) is 0 Å². The van der Waals surface area contributed by atoms with Crippen molar-refractivity contribution in [2.75, 3.05) is 14.2 Å². The molecule has 1 N–H and O–H groups in total. The van der Waals surface area contributed by atoms with Gasteiger partial charge in [-0.3, -0.25) is 14.4 Å². The molecule has 1 aliphatic carbocycles. The molecule has 0 saturated heterocycles. The van der Waals surface area contributed by atoms with Crippen LogP contribution in [0.1, 0.15) is 24.8 Å². The summed E-state index contributed by atoms with van der Waals surface area (Å²) in [7, 11) is 2.36. The second kappa shape index (κ2) is 6.91. The molecule has 6 nitrogen and oxygen atoms in total. The van der Waals surface area contributed by atoms with Gasteiger partial charge in [-0.05, 0) is 24.6 Å². The van der Waals surface area contributed by atoms with E-state index in [2.05, 4.69) is 0 Å². The fourth-order valence-electron chi connectivity index (χ4n) is 3.38. The van der Waals surface area contributed by atoms with Crippen molar-refractivity contribution in [3.8, 4) is 0 Å². The summed E-state index contributed by atoms with van der Waals surface area (Å²) >= 11 is 6.01. The molecule has 0 spiro atoms. The van der Waals surface area contributed by atoms with E-state index in [1.54, 1.807) is 24.3 Å². The van der Waals surface area contributed by atoms with E-state index in [-0.39, 0.29) is 6.42 Å². The van der Waals surface area contributed by atoms with Gasteiger partial charge in [0.15, 0.2) is 5.78 Å². The molecule has 0 amide bonds. The van der Waals surface area contributed by atoms with Gasteiger partial charge in [-0.15, -0.1) is 0 Å². The van der Waals surface area contributed by atoms with E-state index in [4.69, 9.17) is 21.1 Å². The Labute approximate surface area is 144 Å². The molecule has 0 bridgehead atoms. The predicted molar refractivity (Wildman–Crippen MR) is 85.5 cm³/mol. The molecule has 1 aliphatic rings. The van der Waals surface area contributed by atoms with Crippen LogP contribution >= 0.6 is 11.6 Å². The first-order valence-corrected chi connectivity index (χ1v) is 7.77. The van der Waals surface area contributed by atoms with Gasteiger partial charge in [0.1, 0.15) is 5.92 Å². The Bertz CT molecular complexity index is 669. The van der Waals surface area contributed by atoms with Crippen LogP contribution in [0.25, 0.3) is 0 Å². The van der Waals surface area contributed by atoms with Crippen molar-refractivity contribution in [2.24, 2.45) is 11.8 Å². The Morgan fingerprint density at radius 2 is 1.88 bits per heavy atom. The zero-order chi connectivity index (χ0) is 18.1. The first-order valence-electron chi connectivity index (χ1n) is 7.39. The number of carbonyl (C=O) groups excluding carboxylic acids is 3. The highest BCUT2D eigenvalue weighted by Crippen LogP contribution is 2.46. The molecule has 1 aromatic carbocycles. The molecular weight excluding hydrogens is 336 g/mol. The number of ether oxygens (including phenoxy) is 2. The lowest BCUT2D eigenvalue weighted by molar-refractivity contribution is -0.170. The third kappa shape index (κ3) is 3.30. The Balaban J connectivity index is 2.65. The van der Waals surface area contributed by atoms with Crippen LogP contribution in [-0.4, -0.2) is 42.6 Å². The SMILES string of the molecule is COC(=O)C1C(=O)CC(C)(O)C(C(=O)OC)C1c1cccc(Cl)c1. The number of aliphatic hydroxyl groups is 1. The molecule has 0 aromatic heterocycles. The minimum atomic E-state index is -1.65. The van der Waals surface area contributed by atoms with Gasteiger partial charge in [0, 0.05) is 17.4 Å². The molecule has 0 radical (unpaired) electrons. The number of ketones is 1. The van der Waals surface area contributed by atoms with Crippen LogP contribution in [0.4, 0.5) is 0 Å². The summed E-state index contributed by atoms with van der Waals surface area (Å²) < 4.78 is 9.55. The summed E-state index contributed by atoms with van der Waals surface area (Å²) in [6.07, 6.45) is -0.344. The molecule has 0 heterocycles. The molecule has 2 rings (SSSR count). The van der Waals surface area contributed by atoms with Gasteiger partial charge in [0.05, 0.1) is 25.7 Å². The average Bonchev–Trinajstić information content (AvgIpc) is 2.52. The molecule has 4 atom stereocenters. The monoisotopic (exact) mass is 354 g/mol. The zero-order valence-electron chi connectivity index (χ0n) is 13.6.